The van der Waals surface area contributed by atoms with Gasteiger partial charge in [-0.3, -0.25) is 0 Å². The Labute approximate surface area is 81.9 Å². The van der Waals surface area contributed by atoms with Gasteiger partial charge in [0.2, 0.25) is 0 Å². The lowest BCUT2D eigenvalue weighted by molar-refractivity contribution is 0.497. The molecule has 14 heavy (non-hydrogen) atoms. The summed E-state index contributed by atoms with van der Waals surface area (Å²) in [4.78, 5) is 0. The van der Waals surface area contributed by atoms with Gasteiger partial charge in [0.1, 0.15) is 0 Å². The number of hydrogen-bond acceptors (Lipinski definition) is 1. The quantitative estimate of drug-likeness (QED) is 0.735. The zero-order valence-electron chi connectivity index (χ0n) is 8.11. The lowest BCUT2D eigenvalue weighted by atomic mass is 9.98. The highest BCUT2D eigenvalue weighted by Crippen LogP contribution is 2.31. The van der Waals surface area contributed by atoms with Crippen LogP contribution in [0.15, 0.2) is 6.07 Å². The molecule has 0 spiro atoms. The average molecular weight is 197 g/mol. The van der Waals surface area contributed by atoms with Crippen LogP contribution in [0.25, 0.3) is 0 Å². The number of fused-ring (bicyclic) bond motifs is 1. The third-order valence-electron chi connectivity index (χ3n) is 2.81. The summed E-state index contributed by atoms with van der Waals surface area (Å²) in [5.74, 6) is -1.44. The molecule has 0 heterocycles. The molecular formula is C11H13F2N. The monoisotopic (exact) mass is 197 g/mol. The van der Waals surface area contributed by atoms with Crippen LogP contribution >= 0.6 is 0 Å². The second kappa shape index (κ2) is 3.31. The lowest BCUT2D eigenvalue weighted by Gasteiger charge is -2.13. The maximum atomic E-state index is 13.3. The number of rotatable bonds is 1. The highest BCUT2D eigenvalue weighted by molar-refractivity contribution is 5.41. The molecule has 1 aromatic rings. The lowest BCUT2D eigenvalue weighted by Crippen LogP contribution is -2.10. The topological polar surface area (TPSA) is 26.0 Å². The maximum Gasteiger partial charge on any atom is 0.162 e. The predicted octanol–water partition coefficient (Wildman–Crippen LogP) is 2.47. The number of benzene rings is 1. The molecule has 2 N–H and O–H groups in total. The molecule has 0 fully saturated rings. The Morgan fingerprint density at radius 3 is 2.57 bits per heavy atom. The molecule has 1 aliphatic rings. The highest BCUT2D eigenvalue weighted by Gasteiger charge is 2.23. The molecule has 0 saturated heterocycles. The summed E-state index contributed by atoms with van der Waals surface area (Å²) in [6.07, 6.45) is 2.36. The smallest absolute Gasteiger partial charge is 0.162 e. The molecule has 0 amide bonds. The molecule has 0 saturated carbocycles. The highest BCUT2D eigenvalue weighted by atomic mass is 19.2. The summed E-state index contributed by atoms with van der Waals surface area (Å²) >= 11 is 0. The van der Waals surface area contributed by atoms with E-state index in [4.69, 9.17) is 5.73 Å². The molecule has 1 aliphatic carbocycles. The minimum Gasteiger partial charge on any atom is -0.324 e. The van der Waals surface area contributed by atoms with Crippen molar-refractivity contribution in [1.29, 1.82) is 0 Å². The first kappa shape index (κ1) is 9.59. The van der Waals surface area contributed by atoms with Crippen LogP contribution in [0.4, 0.5) is 8.78 Å². The Kier molecular flexibility index (Phi) is 2.27. The van der Waals surface area contributed by atoms with Crippen molar-refractivity contribution >= 4 is 0 Å². The molecule has 0 aromatic heterocycles. The van der Waals surface area contributed by atoms with Crippen molar-refractivity contribution in [3.05, 3.63) is 34.4 Å². The van der Waals surface area contributed by atoms with Gasteiger partial charge >= 0.3 is 0 Å². The Morgan fingerprint density at radius 1 is 1.29 bits per heavy atom. The van der Waals surface area contributed by atoms with Crippen molar-refractivity contribution in [2.45, 2.75) is 32.2 Å². The van der Waals surface area contributed by atoms with Gasteiger partial charge in [0.25, 0.3) is 0 Å². The van der Waals surface area contributed by atoms with Crippen LogP contribution < -0.4 is 5.73 Å². The fraction of sp³-hybridized carbons (Fsp3) is 0.455. The minimum absolute atomic E-state index is 0.225. The van der Waals surface area contributed by atoms with Gasteiger partial charge in [-0.25, -0.2) is 8.78 Å². The average Bonchev–Trinajstić information content (AvgIpc) is 2.59. The van der Waals surface area contributed by atoms with E-state index < -0.39 is 11.6 Å². The number of hydrogen-bond donors (Lipinski definition) is 1. The van der Waals surface area contributed by atoms with Gasteiger partial charge in [0.05, 0.1) is 0 Å². The van der Waals surface area contributed by atoms with Gasteiger partial charge in [-0.15, -0.1) is 0 Å². The molecule has 2 rings (SSSR count). The standard InChI is InChI=1S/C11H13F2N/c1-6(14)9-5-10(12)11(13)8-4-2-3-7(8)9/h5-6H,2-4,14H2,1H3/t6-/m0/s1. The van der Waals surface area contributed by atoms with E-state index in [-0.39, 0.29) is 6.04 Å². The molecule has 0 radical (unpaired) electrons. The van der Waals surface area contributed by atoms with Gasteiger partial charge < -0.3 is 5.73 Å². The van der Waals surface area contributed by atoms with Gasteiger partial charge in [-0.1, -0.05) is 0 Å². The van der Waals surface area contributed by atoms with Gasteiger partial charge in [-0.2, -0.15) is 0 Å². The molecule has 1 aromatic carbocycles. The zero-order chi connectivity index (χ0) is 10.3. The van der Waals surface area contributed by atoms with E-state index in [2.05, 4.69) is 0 Å². The van der Waals surface area contributed by atoms with E-state index in [0.29, 0.717) is 12.0 Å². The van der Waals surface area contributed by atoms with Gasteiger partial charge in [0, 0.05) is 6.04 Å². The largest absolute Gasteiger partial charge is 0.324 e. The fourth-order valence-electron chi connectivity index (χ4n) is 2.14. The minimum atomic E-state index is -0.766. The Bertz CT molecular complexity index is 372. The van der Waals surface area contributed by atoms with E-state index in [1.54, 1.807) is 6.92 Å². The molecule has 0 unspecified atom stereocenters. The summed E-state index contributed by atoms with van der Waals surface area (Å²) in [5, 5.41) is 0. The van der Waals surface area contributed by atoms with E-state index in [0.717, 1.165) is 24.0 Å². The van der Waals surface area contributed by atoms with Gasteiger partial charge in [0.15, 0.2) is 11.6 Å². The van der Waals surface area contributed by atoms with Crippen LogP contribution in [0, 0.1) is 11.6 Å². The summed E-state index contributed by atoms with van der Waals surface area (Å²) in [6, 6.07) is 1.02. The van der Waals surface area contributed by atoms with E-state index in [1.807, 2.05) is 0 Å². The first-order chi connectivity index (χ1) is 6.61. The number of nitrogens with two attached hydrogens (primary N) is 1. The normalized spacial score (nSPS) is 16.9. The Morgan fingerprint density at radius 2 is 1.93 bits per heavy atom. The van der Waals surface area contributed by atoms with Crippen LogP contribution in [0.5, 0.6) is 0 Å². The Hall–Kier alpha value is -0.960. The molecule has 76 valence electrons. The van der Waals surface area contributed by atoms with Crippen LogP contribution in [0.1, 0.15) is 36.1 Å². The molecule has 1 nitrogen and oxygen atoms in total. The van der Waals surface area contributed by atoms with Crippen molar-refractivity contribution in [1.82, 2.24) is 0 Å². The molecule has 0 bridgehead atoms. The van der Waals surface area contributed by atoms with Crippen molar-refractivity contribution in [2.24, 2.45) is 5.73 Å². The Balaban J connectivity index is 2.64. The zero-order valence-corrected chi connectivity index (χ0v) is 8.11. The molecule has 1 atom stereocenters. The predicted molar refractivity (Wildman–Crippen MR) is 51.0 cm³/mol. The number of halogens is 2. The second-order valence-electron chi connectivity index (χ2n) is 3.86. The third kappa shape index (κ3) is 1.32. The van der Waals surface area contributed by atoms with E-state index in [1.165, 1.54) is 6.07 Å². The van der Waals surface area contributed by atoms with Crippen molar-refractivity contribution < 1.29 is 8.78 Å². The first-order valence-electron chi connectivity index (χ1n) is 4.86. The third-order valence-corrected chi connectivity index (χ3v) is 2.81. The van der Waals surface area contributed by atoms with Crippen LogP contribution in [-0.4, -0.2) is 0 Å². The fourth-order valence-corrected chi connectivity index (χ4v) is 2.14. The molecular weight excluding hydrogens is 184 g/mol. The van der Waals surface area contributed by atoms with E-state index >= 15 is 0 Å². The maximum absolute atomic E-state index is 13.3. The summed E-state index contributed by atoms with van der Waals surface area (Å²) in [5.41, 5.74) is 7.95. The summed E-state index contributed by atoms with van der Waals surface area (Å²) in [6.45, 7) is 1.80. The SMILES string of the molecule is C[C@H](N)c1cc(F)c(F)c2c1CCC2. The first-order valence-corrected chi connectivity index (χ1v) is 4.86. The summed E-state index contributed by atoms with van der Waals surface area (Å²) in [7, 11) is 0. The summed E-state index contributed by atoms with van der Waals surface area (Å²) < 4.78 is 26.5. The van der Waals surface area contributed by atoms with Crippen LogP contribution in [-0.2, 0) is 12.8 Å². The second-order valence-corrected chi connectivity index (χ2v) is 3.86. The van der Waals surface area contributed by atoms with Crippen molar-refractivity contribution in [3.63, 3.8) is 0 Å². The van der Waals surface area contributed by atoms with Crippen LogP contribution in [0.2, 0.25) is 0 Å². The van der Waals surface area contributed by atoms with Crippen LogP contribution in [0.3, 0.4) is 0 Å². The van der Waals surface area contributed by atoms with Gasteiger partial charge in [-0.05, 0) is 48.9 Å². The van der Waals surface area contributed by atoms with E-state index in [9.17, 15) is 8.78 Å². The van der Waals surface area contributed by atoms with Crippen molar-refractivity contribution in [2.75, 3.05) is 0 Å². The molecule has 0 aliphatic heterocycles. The van der Waals surface area contributed by atoms with Crippen molar-refractivity contribution in [3.8, 4) is 0 Å². The molecule has 3 heteroatoms.